The lowest BCUT2D eigenvalue weighted by Crippen LogP contribution is -2.38. The van der Waals surface area contributed by atoms with Crippen molar-refractivity contribution in [1.82, 2.24) is 4.90 Å². The van der Waals surface area contributed by atoms with E-state index in [1.165, 1.54) is 25.1 Å². The Labute approximate surface area is 107 Å². The second-order valence-electron chi connectivity index (χ2n) is 5.27. The van der Waals surface area contributed by atoms with Gasteiger partial charge in [0, 0.05) is 24.1 Å². The fraction of sp³-hybridized carbons (Fsp3) is 0.571. The Hall–Kier alpha value is -0.340. The average Bonchev–Trinajstić information content (AvgIpc) is 2.20. The van der Waals surface area contributed by atoms with Crippen molar-refractivity contribution in [2.45, 2.75) is 26.8 Å². The van der Waals surface area contributed by atoms with Crippen LogP contribution in [0, 0.1) is 11.8 Å². The number of nitrogens with zero attached hydrogens (tertiary/aromatic N) is 1. The molecule has 0 radical (unpaired) electrons. The average molecular weight is 282 g/mol. The number of hydrogen-bond acceptors (Lipinski definition) is 1. The molecule has 0 N–H and O–H groups in total. The summed E-state index contributed by atoms with van der Waals surface area (Å²) in [6.45, 7) is 8.33. The molecular weight excluding hydrogens is 262 g/mol. The first-order chi connectivity index (χ1) is 7.63. The van der Waals surface area contributed by atoms with Gasteiger partial charge < -0.3 is 0 Å². The highest BCUT2D eigenvalue weighted by atomic mass is 79.9. The van der Waals surface area contributed by atoms with Crippen molar-refractivity contribution in [3.05, 3.63) is 34.3 Å². The van der Waals surface area contributed by atoms with Gasteiger partial charge in [-0.15, -0.1) is 0 Å². The van der Waals surface area contributed by atoms with Crippen molar-refractivity contribution in [3.8, 4) is 0 Å². The predicted octanol–water partition coefficient (Wildman–Crippen LogP) is 3.93. The summed E-state index contributed by atoms with van der Waals surface area (Å²) in [6.07, 6.45) is 1.39. The third-order valence-electron chi connectivity index (χ3n) is 3.26. The molecule has 1 heterocycles. The van der Waals surface area contributed by atoms with Gasteiger partial charge in [-0.3, -0.25) is 4.90 Å². The van der Waals surface area contributed by atoms with Crippen LogP contribution < -0.4 is 0 Å². The van der Waals surface area contributed by atoms with Crippen LogP contribution in [0.25, 0.3) is 0 Å². The fourth-order valence-corrected chi connectivity index (χ4v) is 3.03. The van der Waals surface area contributed by atoms with E-state index >= 15 is 0 Å². The highest BCUT2D eigenvalue weighted by molar-refractivity contribution is 9.10. The third kappa shape index (κ3) is 3.33. The fourth-order valence-electron chi connectivity index (χ4n) is 2.77. The molecule has 2 atom stereocenters. The third-order valence-corrected chi connectivity index (χ3v) is 3.79. The highest BCUT2D eigenvalue weighted by Crippen LogP contribution is 2.22. The molecule has 1 nitrogen and oxygen atoms in total. The minimum atomic E-state index is 0.846. The Balaban J connectivity index is 1.96. The molecule has 0 amide bonds. The number of piperidine rings is 1. The van der Waals surface area contributed by atoms with E-state index in [-0.39, 0.29) is 0 Å². The molecule has 16 heavy (non-hydrogen) atoms. The topological polar surface area (TPSA) is 3.24 Å². The minimum absolute atomic E-state index is 0.846. The molecule has 0 aliphatic carbocycles. The zero-order valence-electron chi connectivity index (χ0n) is 10.1. The van der Waals surface area contributed by atoms with Crippen LogP contribution in [0.3, 0.4) is 0 Å². The van der Waals surface area contributed by atoms with Gasteiger partial charge in [0.15, 0.2) is 0 Å². The summed E-state index contributed by atoms with van der Waals surface area (Å²) >= 11 is 3.48. The number of benzene rings is 1. The van der Waals surface area contributed by atoms with Crippen molar-refractivity contribution in [2.24, 2.45) is 11.8 Å². The molecule has 1 aliphatic rings. The van der Waals surface area contributed by atoms with E-state index in [9.17, 15) is 0 Å². The molecule has 1 aliphatic heterocycles. The number of hydrogen-bond donors (Lipinski definition) is 0. The van der Waals surface area contributed by atoms with E-state index in [1.54, 1.807) is 0 Å². The van der Waals surface area contributed by atoms with Crippen LogP contribution in [0.15, 0.2) is 28.7 Å². The lowest BCUT2D eigenvalue weighted by Gasteiger charge is -2.35. The van der Waals surface area contributed by atoms with Crippen LogP contribution in [-0.4, -0.2) is 18.0 Å². The second kappa shape index (κ2) is 5.33. The van der Waals surface area contributed by atoms with E-state index in [4.69, 9.17) is 0 Å². The van der Waals surface area contributed by atoms with Crippen molar-refractivity contribution >= 4 is 15.9 Å². The summed E-state index contributed by atoms with van der Waals surface area (Å²) in [5.41, 5.74) is 1.42. The van der Waals surface area contributed by atoms with Gasteiger partial charge in [-0.25, -0.2) is 0 Å². The summed E-state index contributed by atoms with van der Waals surface area (Å²) in [5.74, 6) is 1.69. The van der Waals surface area contributed by atoms with Gasteiger partial charge in [0.25, 0.3) is 0 Å². The number of halogens is 1. The van der Waals surface area contributed by atoms with E-state index in [2.05, 4.69) is 58.9 Å². The van der Waals surface area contributed by atoms with Crippen LogP contribution in [0.2, 0.25) is 0 Å². The van der Waals surface area contributed by atoms with E-state index in [1.807, 2.05) is 0 Å². The predicted molar refractivity (Wildman–Crippen MR) is 72.4 cm³/mol. The van der Waals surface area contributed by atoms with Crippen LogP contribution in [0.5, 0.6) is 0 Å². The van der Waals surface area contributed by atoms with Crippen molar-refractivity contribution < 1.29 is 0 Å². The molecular formula is C14H20BrN. The van der Waals surface area contributed by atoms with Crippen molar-refractivity contribution in [2.75, 3.05) is 13.1 Å². The van der Waals surface area contributed by atoms with Crippen LogP contribution in [0.1, 0.15) is 25.8 Å². The molecule has 1 fully saturated rings. The van der Waals surface area contributed by atoms with Crippen molar-refractivity contribution in [1.29, 1.82) is 0 Å². The molecule has 0 bridgehead atoms. The smallest absolute Gasteiger partial charge is 0.0233 e. The van der Waals surface area contributed by atoms with Gasteiger partial charge in [-0.05, 0) is 36.0 Å². The van der Waals surface area contributed by atoms with Gasteiger partial charge >= 0.3 is 0 Å². The maximum atomic E-state index is 3.48. The Kier molecular flexibility index (Phi) is 4.04. The molecule has 0 spiro atoms. The number of likely N-dealkylation sites (tertiary alicyclic amines) is 1. The Bertz CT molecular complexity index is 323. The molecule has 0 saturated carbocycles. The second-order valence-corrected chi connectivity index (χ2v) is 6.18. The van der Waals surface area contributed by atoms with Crippen LogP contribution >= 0.6 is 15.9 Å². The summed E-state index contributed by atoms with van der Waals surface area (Å²) in [5, 5.41) is 0. The monoisotopic (exact) mass is 281 g/mol. The van der Waals surface area contributed by atoms with Gasteiger partial charge in [-0.1, -0.05) is 41.9 Å². The number of rotatable bonds is 2. The summed E-state index contributed by atoms with van der Waals surface area (Å²) < 4.78 is 1.16. The Morgan fingerprint density at radius 3 is 2.25 bits per heavy atom. The lowest BCUT2D eigenvalue weighted by molar-refractivity contribution is 0.134. The molecule has 1 saturated heterocycles. The van der Waals surface area contributed by atoms with Crippen LogP contribution in [0.4, 0.5) is 0 Å². The zero-order valence-corrected chi connectivity index (χ0v) is 11.7. The molecule has 88 valence electrons. The highest BCUT2D eigenvalue weighted by Gasteiger charge is 2.21. The van der Waals surface area contributed by atoms with Gasteiger partial charge in [0.05, 0.1) is 0 Å². The standard InChI is InChI=1S/C14H20BrN/c1-11-7-12(2)9-16(8-11)10-13-3-5-14(15)6-4-13/h3-6,11-12H,7-10H2,1-2H3/t11-,12+. The Morgan fingerprint density at radius 2 is 1.69 bits per heavy atom. The molecule has 2 rings (SSSR count). The Morgan fingerprint density at radius 1 is 1.12 bits per heavy atom. The van der Waals surface area contributed by atoms with E-state index in [0.717, 1.165) is 22.9 Å². The first-order valence-corrected chi connectivity index (χ1v) is 6.89. The van der Waals surface area contributed by atoms with Gasteiger partial charge in [0.1, 0.15) is 0 Å². The maximum absolute atomic E-state index is 3.48. The molecule has 0 unspecified atom stereocenters. The summed E-state index contributed by atoms with van der Waals surface area (Å²) in [7, 11) is 0. The van der Waals surface area contributed by atoms with Crippen molar-refractivity contribution in [3.63, 3.8) is 0 Å². The first kappa shape index (κ1) is 12.1. The molecule has 0 aromatic heterocycles. The normalized spacial score (nSPS) is 26.9. The quantitative estimate of drug-likeness (QED) is 0.794. The minimum Gasteiger partial charge on any atom is -0.299 e. The molecule has 1 aromatic carbocycles. The molecule has 1 aromatic rings. The molecule has 2 heteroatoms. The lowest BCUT2D eigenvalue weighted by atomic mass is 9.91. The SMILES string of the molecule is C[C@@H]1C[C@H](C)CN(Cc2ccc(Br)cc2)C1. The van der Waals surface area contributed by atoms with Gasteiger partial charge in [-0.2, -0.15) is 0 Å². The van der Waals surface area contributed by atoms with Crippen LogP contribution in [-0.2, 0) is 6.54 Å². The van der Waals surface area contributed by atoms with Gasteiger partial charge in [0.2, 0.25) is 0 Å². The summed E-state index contributed by atoms with van der Waals surface area (Å²) in [4.78, 5) is 2.59. The first-order valence-electron chi connectivity index (χ1n) is 6.10. The zero-order chi connectivity index (χ0) is 11.5. The van der Waals surface area contributed by atoms with E-state index in [0.29, 0.717) is 0 Å². The maximum Gasteiger partial charge on any atom is 0.0233 e. The largest absolute Gasteiger partial charge is 0.299 e. The summed E-state index contributed by atoms with van der Waals surface area (Å²) in [6, 6.07) is 8.69. The van der Waals surface area contributed by atoms with E-state index < -0.39 is 0 Å².